The number of amides is 1. The van der Waals surface area contributed by atoms with E-state index in [0.29, 0.717) is 20.6 Å². The van der Waals surface area contributed by atoms with Crippen molar-refractivity contribution in [1.29, 1.82) is 0 Å². The average molecular weight is 485 g/mol. The topological polar surface area (TPSA) is 105 Å². The van der Waals surface area contributed by atoms with E-state index < -0.39 is 28.9 Å². The van der Waals surface area contributed by atoms with Gasteiger partial charge in [0.1, 0.15) is 5.71 Å². The summed E-state index contributed by atoms with van der Waals surface area (Å²) in [6.45, 7) is -0.988. The normalized spacial score (nSPS) is 14.5. The standard InChI is InChI=1S/C21H23ClF2N4O3S/c1-26-21(29)20(27-14-7-5-13(22)6-8-14)16-9-15(12-3-4-12)18(10-17(16)25)28(11-19(23)24)32(2,30)31/h5-10,12,19H,3-4,11,25H2,1-2H3,(H,26,29). The molecule has 1 amide bonds. The Morgan fingerprint density at radius 3 is 2.41 bits per heavy atom. The van der Waals surface area contributed by atoms with E-state index in [2.05, 4.69) is 10.3 Å². The Bertz CT molecular complexity index is 1150. The molecule has 1 aliphatic rings. The fourth-order valence-corrected chi connectivity index (χ4v) is 4.32. The van der Waals surface area contributed by atoms with Gasteiger partial charge in [-0.05, 0) is 60.7 Å². The number of nitrogens with two attached hydrogens (primary N) is 1. The molecule has 1 fully saturated rings. The summed E-state index contributed by atoms with van der Waals surface area (Å²) in [7, 11) is -2.54. The molecule has 0 aliphatic heterocycles. The predicted octanol–water partition coefficient (Wildman–Crippen LogP) is 3.70. The summed E-state index contributed by atoms with van der Waals surface area (Å²) < 4.78 is 51.5. The first-order chi connectivity index (χ1) is 15.0. The lowest BCUT2D eigenvalue weighted by Crippen LogP contribution is -2.35. The first-order valence-electron chi connectivity index (χ1n) is 9.77. The fourth-order valence-electron chi connectivity index (χ4n) is 3.30. The summed E-state index contributed by atoms with van der Waals surface area (Å²) in [6, 6.07) is 9.41. The van der Waals surface area contributed by atoms with Gasteiger partial charge in [0.25, 0.3) is 12.3 Å². The Kier molecular flexibility index (Phi) is 7.04. The second-order valence-electron chi connectivity index (χ2n) is 7.47. The third-order valence-corrected chi connectivity index (χ3v) is 6.35. The van der Waals surface area contributed by atoms with Crippen molar-refractivity contribution >= 4 is 50.3 Å². The van der Waals surface area contributed by atoms with E-state index in [4.69, 9.17) is 17.3 Å². The Balaban J connectivity index is 2.19. The van der Waals surface area contributed by atoms with Crippen LogP contribution in [0.2, 0.25) is 5.02 Å². The molecule has 1 aliphatic carbocycles. The molecule has 3 rings (SSSR count). The number of carbonyl (C=O) groups excluding carboxylic acids is 1. The van der Waals surface area contributed by atoms with Gasteiger partial charge < -0.3 is 11.1 Å². The van der Waals surface area contributed by atoms with Crippen LogP contribution in [0.3, 0.4) is 0 Å². The first-order valence-corrected chi connectivity index (χ1v) is 12.0. The summed E-state index contributed by atoms with van der Waals surface area (Å²) in [4.78, 5) is 17.0. The number of hydrogen-bond acceptors (Lipinski definition) is 5. The van der Waals surface area contributed by atoms with Crippen LogP contribution in [0.25, 0.3) is 0 Å². The van der Waals surface area contributed by atoms with E-state index in [1.807, 2.05) is 0 Å². The average Bonchev–Trinajstić information content (AvgIpc) is 3.55. The lowest BCUT2D eigenvalue weighted by molar-refractivity contribution is -0.114. The molecule has 172 valence electrons. The Morgan fingerprint density at radius 1 is 1.28 bits per heavy atom. The number of aliphatic imine (C=N–C) groups is 1. The lowest BCUT2D eigenvalue weighted by atomic mass is 9.98. The van der Waals surface area contributed by atoms with Crippen molar-refractivity contribution in [1.82, 2.24) is 5.32 Å². The molecule has 11 heteroatoms. The van der Waals surface area contributed by atoms with E-state index in [1.54, 1.807) is 30.3 Å². The number of carbonyl (C=O) groups is 1. The maximum absolute atomic E-state index is 13.2. The minimum Gasteiger partial charge on any atom is -0.398 e. The van der Waals surface area contributed by atoms with Crippen molar-refractivity contribution in [3.05, 3.63) is 52.5 Å². The Morgan fingerprint density at radius 2 is 1.91 bits per heavy atom. The van der Waals surface area contributed by atoms with Crippen LogP contribution >= 0.6 is 11.6 Å². The van der Waals surface area contributed by atoms with Gasteiger partial charge >= 0.3 is 0 Å². The first kappa shape index (κ1) is 23.9. The lowest BCUT2D eigenvalue weighted by Gasteiger charge is -2.26. The molecule has 7 nitrogen and oxygen atoms in total. The Hall–Kier alpha value is -2.72. The fraction of sp³-hybridized carbons (Fsp3) is 0.333. The van der Waals surface area contributed by atoms with Crippen molar-refractivity contribution in [2.45, 2.75) is 25.2 Å². The van der Waals surface area contributed by atoms with E-state index in [1.165, 1.54) is 13.1 Å². The van der Waals surface area contributed by atoms with E-state index in [0.717, 1.165) is 19.1 Å². The highest BCUT2D eigenvalue weighted by Gasteiger charge is 2.33. The molecule has 32 heavy (non-hydrogen) atoms. The van der Waals surface area contributed by atoms with Crippen LogP contribution in [0.4, 0.5) is 25.8 Å². The maximum atomic E-state index is 13.2. The number of nitrogens with zero attached hydrogens (tertiary/aromatic N) is 2. The van der Waals surface area contributed by atoms with Crippen molar-refractivity contribution in [2.75, 3.05) is 29.9 Å². The van der Waals surface area contributed by atoms with Crippen molar-refractivity contribution in [3.8, 4) is 0 Å². The minimum absolute atomic E-state index is 0.0144. The van der Waals surface area contributed by atoms with Gasteiger partial charge in [-0.3, -0.25) is 9.10 Å². The summed E-state index contributed by atoms with van der Waals surface area (Å²) in [5, 5.41) is 3.02. The molecule has 0 radical (unpaired) electrons. The molecule has 1 saturated carbocycles. The number of anilines is 2. The van der Waals surface area contributed by atoms with Crippen LogP contribution in [0.1, 0.15) is 29.9 Å². The SMILES string of the molecule is CNC(=O)C(=Nc1ccc(Cl)cc1)c1cc(C2CC2)c(N(CC(F)F)S(C)(=O)=O)cc1N. The summed E-state index contributed by atoms with van der Waals surface area (Å²) in [6.07, 6.45) is -0.460. The van der Waals surface area contributed by atoms with Gasteiger partial charge in [-0.15, -0.1) is 0 Å². The molecule has 2 aromatic rings. The van der Waals surface area contributed by atoms with Crippen LogP contribution in [-0.2, 0) is 14.8 Å². The number of benzene rings is 2. The van der Waals surface area contributed by atoms with Gasteiger partial charge in [-0.1, -0.05) is 11.6 Å². The van der Waals surface area contributed by atoms with Gasteiger partial charge in [-0.2, -0.15) is 0 Å². The van der Waals surface area contributed by atoms with E-state index in [9.17, 15) is 22.0 Å². The van der Waals surface area contributed by atoms with Crippen molar-refractivity contribution in [3.63, 3.8) is 0 Å². The second-order valence-corrected chi connectivity index (χ2v) is 9.82. The number of sulfonamides is 1. The van der Waals surface area contributed by atoms with Gasteiger partial charge in [-0.25, -0.2) is 22.2 Å². The smallest absolute Gasteiger partial charge is 0.270 e. The number of hydrogen-bond donors (Lipinski definition) is 2. The predicted molar refractivity (Wildman–Crippen MR) is 123 cm³/mol. The highest BCUT2D eigenvalue weighted by Crippen LogP contribution is 2.46. The quantitative estimate of drug-likeness (QED) is 0.440. The largest absolute Gasteiger partial charge is 0.398 e. The third kappa shape index (κ3) is 5.55. The number of nitrogens with one attached hydrogen (secondary N) is 1. The third-order valence-electron chi connectivity index (χ3n) is 4.95. The van der Waals surface area contributed by atoms with Gasteiger partial charge in [0.05, 0.1) is 24.2 Å². The molecule has 0 heterocycles. The number of rotatable bonds is 8. The zero-order valence-electron chi connectivity index (χ0n) is 17.5. The zero-order chi connectivity index (χ0) is 23.6. The molecule has 0 saturated heterocycles. The molecule has 0 unspecified atom stereocenters. The van der Waals surface area contributed by atoms with Crippen molar-refractivity contribution < 1.29 is 22.0 Å². The molecule has 0 atom stereocenters. The van der Waals surface area contributed by atoms with Crippen LogP contribution in [0, 0.1) is 0 Å². The summed E-state index contributed by atoms with van der Waals surface area (Å²) >= 11 is 5.91. The number of halogens is 3. The van der Waals surface area contributed by atoms with Gasteiger partial charge in [0.2, 0.25) is 10.0 Å². The second kappa shape index (κ2) is 9.41. The number of likely N-dealkylation sites (N-methyl/N-ethyl adjacent to an activating group) is 1. The van der Waals surface area contributed by atoms with E-state index in [-0.39, 0.29) is 28.6 Å². The molecule has 2 aromatic carbocycles. The zero-order valence-corrected chi connectivity index (χ0v) is 19.1. The number of alkyl halides is 2. The van der Waals surface area contributed by atoms with Crippen LogP contribution in [0.15, 0.2) is 41.4 Å². The van der Waals surface area contributed by atoms with Crippen LogP contribution < -0.4 is 15.4 Å². The van der Waals surface area contributed by atoms with Crippen LogP contribution in [-0.4, -0.2) is 46.3 Å². The molecule has 0 bridgehead atoms. The van der Waals surface area contributed by atoms with E-state index >= 15 is 0 Å². The highest BCUT2D eigenvalue weighted by atomic mass is 35.5. The molecule has 0 spiro atoms. The van der Waals surface area contributed by atoms with Gasteiger partial charge in [0.15, 0.2) is 0 Å². The summed E-state index contributed by atoms with van der Waals surface area (Å²) in [5.41, 5.74) is 7.64. The minimum atomic E-state index is -3.99. The molecule has 0 aromatic heterocycles. The van der Waals surface area contributed by atoms with Crippen molar-refractivity contribution in [2.24, 2.45) is 4.99 Å². The highest BCUT2D eigenvalue weighted by molar-refractivity contribution is 7.92. The molecular weight excluding hydrogens is 462 g/mol. The maximum Gasteiger partial charge on any atom is 0.270 e. The monoisotopic (exact) mass is 484 g/mol. The molecular formula is C21H23ClF2N4O3S. The summed E-state index contributed by atoms with van der Waals surface area (Å²) in [5.74, 6) is -0.526. The van der Waals surface area contributed by atoms with Crippen LogP contribution in [0.5, 0.6) is 0 Å². The molecule has 3 N–H and O–H groups in total. The number of nitrogen functional groups attached to an aromatic ring is 1. The van der Waals surface area contributed by atoms with Gasteiger partial charge in [0, 0.05) is 23.3 Å². The Labute approximate surface area is 190 Å².